The summed E-state index contributed by atoms with van der Waals surface area (Å²) in [5, 5.41) is 3.11. The first-order valence-corrected chi connectivity index (χ1v) is 8.70. The maximum Gasteiger partial charge on any atom is 0.220 e. The number of halogens is 1. The van der Waals surface area contributed by atoms with Gasteiger partial charge in [0, 0.05) is 18.3 Å². The van der Waals surface area contributed by atoms with Crippen molar-refractivity contribution in [2.45, 2.75) is 57.4 Å². The van der Waals surface area contributed by atoms with Crippen LogP contribution in [0.1, 0.15) is 50.5 Å². The molecule has 0 saturated heterocycles. The van der Waals surface area contributed by atoms with Crippen molar-refractivity contribution < 1.29 is 4.79 Å². The molecule has 1 aliphatic rings. The van der Waals surface area contributed by atoms with E-state index < -0.39 is 0 Å². The summed E-state index contributed by atoms with van der Waals surface area (Å²) in [4.78, 5) is 12.2. The number of alkyl halides is 1. The number of amides is 1. The van der Waals surface area contributed by atoms with Crippen LogP contribution in [0.15, 0.2) is 30.3 Å². The second kappa shape index (κ2) is 9.09. The second-order valence-electron chi connectivity index (χ2n) is 6.17. The molecule has 0 aliphatic heterocycles. The molecular weight excluding hydrogens is 282 g/mol. The van der Waals surface area contributed by atoms with Crippen LogP contribution in [0.25, 0.3) is 0 Å². The minimum absolute atomic E-state index is 0.0346. The maximum absolute atomic E-state index is 12.2. The van der Waals surface area contributed by atoms with Crippen molar-refractivity contribution in [2.75, 3.05) is 5.88 Å². The molecule has 0 bridgehead atoms. The third-order valence-electron chi connectivity index (χ3n) is 4.33. The summed E-state index contributed by atoms with van der Waals surface area (Å²) in [6, 6.07) is 10.2. The second-order valence-corrected chi connectivity index (χ2v) is 6.48. The van der Waals surface area contributed by atoms with Crippen molar-refractivity contribution in [2.24, 2.45) is 5.92 Å². The van der Waals surface area contributed by atoms with E-state index in [0.29, 0.717) is 18.2 Å². The molecular formula is C18H26ClNO. The molecule has 116 valence electrons. The first-order chi connectivity index (χ1) is 10.3. The van der Waals surface area contributed by atoms with E-state index in [2.05, 4.69) is 17.4 Å². The fourth-order valence-electron chi connectivity index (χ4n) is 3.16. The summed E-state index contributed by atoms with van der Waals surface area (Å²) in [5.41, 5.74) is 1.22. The molecule has 0 radical (unpaired) electrons. The Hall–Kier alpha value is -1.02. The summed E-state index contributed by atoms with van der Waals surface area (Å²) in [6.07, 6.45) is 9.10. The Bertz CT molecular complexity index is 412. The molecule has 0 aromatic heterocycles. The zero-order valence-electron chi connectivity index (χ0n) is 12.7. The molecule has 1 unspecified atom stereocenters. The number of rotatable bonds is 6. The monoisotopic (exact) mass is 307 g/mol. The highest BCUT2D eigenvalue weighted by molar-refractivity contribution is 6.18. The van der Waals surface area contributed by atoms with Crippen molar-refractivity contribution in [3.63, 3.8) is 0 Å². The molecule has 1 atom stereocenters. The highest BCUT2D eigenvalue weighted by Crippen LogP contribution is 2.25. The SMILES string of the molecule is O=C(CC1CCCCCC1)NC(CCl)Cc1ccccc1. The van der Waals surface area contributed by atoms with Crippen LogP contribution in [0.3, 0.4) is 0 Å². The molecule has 0 heterocycles. The van der Waals surface area contributed by atoms with Crippen LogP contribution in [0.4, 0.5) is 0 Å². The standard InChI is InChI=1S/C18H26ClNO/c19-14-17(12-15-8-6-3-7-9-15)20-18(21)13-16-10-4-1-2-5-11-16/h3,6-9,16-17H,1-2,4-5,10-14H2,(H,20,21). The maximum atomic E-state index is 12.2. The van der Waals surface area contributed by atoms with E-state index in [-0.39, 0.29) is 11.9 Å². The van der Waals surface area contributed by atoms with Crippen molar-refractivity contribution in [1.82, 2.24) is 5.32 Å². The molecule has 1 saturated carbocycles. The highest BCUT2D eigenvalue weighted by Gasteiger charge is 2.18. The number of nitrogens with one attached hydrogen (secondary N) is 1. The molecule has 1 aromatic carbocycles. The van der Waals surface area contributed by atoms with E-state index in [4.69, 9.17) is 11.6 Å². The lowest BCUT2D eigenvalue weighted by Crippen LogP contribution is -2.38. The minimum Gasteiger partial charge on any atom is -0.352 e. The largest absolute Gasteiger partial charge is 0.352 e. The zero-order valence-corrected chi connectivity index (χ0v) is 13.4. The smallest absolute Gasteiger partial charge is 0.220 e. The number of hydrogen-bond donors (Lipinski definition) is 1. The van der Waals surface area contributed by atoms with E-state index in [1.807, 2.05) is 18.2 Å². The third kappa shape index (κ3) is 6.09. The van der Waals surface area contributed by atoms with Gasteiger partial charge in [-0.25, -0.2) is 0 Å². The van der Waals surface area contributed by atoms with Gasteiger partial charge in [0.15, 0.2) is 0 Å². The Labute approximate surface area is 133 Å². The van der Waals surface area contributed by atoms with Crippen LogP contribution >= 0.6 is 11.6 Å². The Morgan fingerprint density at radius 1 is 1.14 bits per heavy atom. The van der Waals surface area contributed by atoms with Crippen molar-refractivity contribution >= 4 is 17.5 Å². The molecule has 1 amide bonds. The van der Waals surface area contributed by atoms with E-state index in [0.717, 1.165) is 6.42 Å². The van der Waals surface area contributed by atoms with Gasteiger partial charge in [0.1, 0.15) is 0 Å². The van der Waals surface area contributed by atoms with E-state index in [1.54, 1.807) is 0 Å². The van der Waals surface area contributed by atoms with Gasteiger partial charge < -0.3 is 5.32 Å². The Kier molecular flexibility index (Phi) is 7.08. The summed E-state index contributed by atoms with van der Waals surface area (Å²) in [5.74, 6) is 1.20. The van der Waals surface area contributed by atoms with Gasteiger partial charge >= 0.3 is 0 Å². The lowest BCUT2D eigenvalue weighted by Gasteiger charge is -2.19. The average Bonchev–Trinajstić information content (AvgIpc) is 2.76. The summed E-state index contributed by atoms with van der Waals surface area (Å²) in [6.45, 7) is 0. The average molecular weight is 308 g/mol. The first-order valence-electron chi connectivity index (χ1n) is 8.17. The zero-order chi connectivity index (χ0) is 14.9. The highest BCUT2D eigenvalue weighted by atomic mass is 35.5. The minimum atomic E-state index is 0.0346. The van der Waals surface area contributed by atoms with Crippen molar-refractivity contribution in [3.8, 4) is 0 Å². The van der Waals surface area contributed by atoms with Crippen LogP contribution in [-0.2, 0) is 11.2 Å². The lowest BCUT2D eigenvalue weighted by atomic mass is 9.96. The van der Waals surface area contributed by atoms with Gasteiger partial charge in [0.2, 0.25) is 5.91 Å². The summed E-state index contributed by atoms with van der Waals surface area (Å²) in [7, 11) is 0. The van der Waals surface area contributed by atoms with Crippen LogP contribution in [0.2, 0.25) is 0 Å². The lowest BCUT2D eigenvalue weighted by molar-refractivity contribution is -0.122. The molecule has 1 aromatic rings. The summed E-state index contributed by atoms with van der Waals surface area (Å²) >= 11 is 6.02. The predicted octanol–water partition coefficient (Wildman–Crippen LogP) is 4.31. The number of hydrogen-bond acceptors (Lipinski definition) is 1. The van der Waals surface area contributed by atoms with Gasteiger partial charge in [-0.3, -0.25) is 4.79 Å². The van der Waals surface area contributed by atoms with E-state index >= 15 is 0 Å². The number of carbonyl (C=O) groups is 1. The Morgan fingerprint density at radius 2 is 1.81 bits per heavy atom. The van der Waals surface area contributed by atoms with E-state index in [9.17, 15) is 4.79 Å². The molecule has 1 fully saturated rings. The van der Waals surface area contributed by atoms with Gasteiger partial charge in [0.25, 0.3) is 0 Å². The quantitative estimate of drug-likeness (QED) is 0.615. The molecule has 0 spiro atoms. The van der Waals surface area contributed by atoms with E-state index in [1.165, 1.54) is 44.1 Å². The van der Waals surface area contributed by atoms with Gasteiger partial charge in [-0.15, -0.1) is 11.6 Å². The molecule has 1 aliphatic carbocycles. The fraction of sp³-hybridized carbons (Fsp3) is 0.611. The topological polar surface area (TPSA) is 29.1 Å². The Balaban J connectivity index is 1.79. The first kappa shape index (κ1) is 16.4. The predicted molar refractivity (Wildman–Crippen MR) is 88.6 cm³/mol. The van der Waals surface area contributed by atoms with Gasteiger partial charge in [-0.1, -0.05) is 56.0 Å². The normalized spacial score (nSPS) is 18.0. The number of carbonyl (C=O) groups excluding carboxylic acids is 1. The molecule has 2 nitrogen and oxygen atoms in total. The van der Waals surface area contributed by atoms with Crippen molar-refractivity contribution in [1.29, 1.82) is 0 Å². The third-order valence-corrected chi connectivity index (χ3v) is 4.70. The molecule has 1 N–H and O–H groups in total. The van der Waals surface area contributed by atoms with Crippen LogP contribution in [-0.4, -0.2) is 17.8 Å². The Morgan fingerprint density at radius 3 is 2.43 bits per heavy atom. The summed E-state index contributed by atoms with van der Waals surface area (Å²) < 4.78 is 0. The fourth-order valence-corrected chi connectivity index (χ4v) is 3.35. The van der Waals surface area contributed by atoms with Gasteiger partial charge in [-0.05, 0) is 30.7 Å². The van der Waals surface area contributed by atoms with Crippen LogP contribution in [0.5, 0.6) is 0 Å². The van der Waals surface area contributed by atoms with Gasteiger partial charge in [-0.2, -0.15) is 0 Å². The van der Waals surface area contributed by atoms with Crippen LogP contribution < -0.4 is 5.32 Å². The van der Waals surface area contributed by atoms with Gasteiger partial charge in [0.05, 0.1) is 0 Å². The van der Waals surface area contributed by atoms with Crippen LogP contribution in [0, 0.1) is 5.92 Å². The molecule has 3 heteroatoms. The molecule has 21 heavy (non-hydrogen) atoms. The van der Waals surface area contributed by atoms with Crippen molar-refractivity contribution in [3.05, 3.63) is 35.9 Å². The molecule has 2 rings (SSSR count). The number of benzene rings is 1.